The maximum atomic E-state index is 4.96. The molecular weight excluding hydrogens is 344 g/mol. The molecule has 0 spiro atoms. The Kier molecular flexibility index (Phi) is 5.11. The number of hydrogen-bond donors (Lipinski definition) is 1. The molecule has 4 heteroatoms. The van der Waals surface area contributed by atoms with E-state index < -0.39 is 0 Å². The second kappa shape index (κ2) is 7.85. The first-order valence-electron chi connectivity index (χ1n) is 9.87. The van der Waals surface area contributed by atoms with Crippen molar-refractivity contribution < 1.29 is 0 Å². The summed E-state index contributed by atoms with van der Waals surface area (Å²) in [6.07, 6.45) is 0.966. The maximum Gasteiger partial charge on any atom is 0.165 e. The van der Waals surface area contributed by atoms with Gasteiger partial charge in [-0.25, -0.2) is 4.98 Å². The number of rotatable bonds is 6. The molecule has 4 aromatic rings. The van der Waals surface area contributed by atoms with Gasteiger partial charge in [0.2, 0.25) is 0 Å². The van der Waals surface area contributed by atoms with Crippen LogP contribution >= 0.6 is 0 Å². The molecule has 2 heterocycles. The van der Waals surface area contributed by atoms with Crippen molar-refractivity contribution in [2.24, 2.45) is 0 Å². The van der Waals surface area contributed by atoms with Gasteiger partial charge in [-0.1, -0.05) is 74.5 Å². The molecule has 4 nitrogen and oxygen atoms in total. The number of aryl methyl sites for hydroxylation is 1. The van der Waals surface area contributed by atoms with Crippen LogP contribution in [0.15, 0.2) is 66.7 Å². The predicted octanol–water partition coefficient (Wildman–Crippen LogP) is 5.48. The van der Waals surface area contributed by atoms with Gasteiger partial charge < -0.3 is 5.32 Å². The van der Waals surface area contributed by atoms with E-state index >= 15 is 0 Å². The maximum absolute atomic E-state index is 4.96. The van der Waals surface area contributed by atoms with Crippen LogP contribution in [0.1, 0.15) is 36.7 Å². The monoisotopic (exact) mass is 370 g/mol. The Balaban J connectivity index is 1.73. The van der Waals surface area contributed by atoms with Crippen molar-refractivity contribution in [3.63, 3.8) is 0 Å². The number of nitrogens with zero attached hydrogens (tertiary/aromatic N) is 3. The van der Waals surface area contributed by atoms with Crippen LogP contribution < -0.4 is 5.32 Å². The van der Waals surface area contributed by atoms with E-state index in [2.05, 4.69) is 86.8 Å². The lowest BCUT2D eigenvalue weighted by atomic mass is 10.1. The smallest absolute Gasteiger partial charge is 0.165 e. The molecule has 1 N–H and O–H groups in total. The molecule has 0 fully saturated rings. The minimum absolute atomic E-state index is 0.346. The minimum Gasteiger partial charge on any atom is -0.370 e. The Morgan fingerprint density at radius 3 is 2.32 bits per heavy atom. The van der Waals surface area contributed by atoms with Gasteiger partial charge in [0.05, 0.1) is 5.69 Å². The van der Waals surface area contributed by atoms with Crippen molar-refractivity contribution in [2.75, 3.05) is 11.9 Å². The summed E-state index contributed by atoms with van der Waals surface area (Å²) < 4.78 is 1.95. The summed E-state index contributed by atoms with van der Waals surface area (Å²) in [4.78, 5) is 4.96. The van der Waals surface area contributed by atoms with E-state index in [1.807, 2.05) is 10.6 Å². The van der Waals surface area contributed by atoms with Crippen LogP contribution in [-0.2, 0) is 6.42 Å². The molecule has 0 aliphatic heterocycles. The fourth-order valence-corrected chi connectivity index (χ4v) is 3.49. The number of fused-ring (bicyclic) bond motifs is 1. The third-order valence-electron chi connectivity index (χ3n) is 5.00. The molecule has 0 radical (unpaired) electrons. The normalized spacial score (nSPS) is 11.3. The van der Waals surface area contributed by atoms with Crippen LogP contribution in [0.3, 0.4) is 0 Å². The SMILES string of the molecule is Cc1nn2c(NCCc3ccccc3)cc(C(C)C)nc2c1-c1ccccc1. The van der Waals surface area contributed by atoms with E-state index in [1.165, 1.54) is 5.56 Å². The third-order valence-corrected chi connectivity index (χ3v) is 5.00. The van der Waals surface area contributed by atoms with Crippen molar-refractivity contribution in [1.29, 1.82) is 0 Å². The molecule has 4 rings (SSSR count). The van der Waals surface area contributed by atoms with Crippen molar-refractivity contribution in [2.45, 2.75) is 33.1 Å². The Morgan fingerprint density at radius 2 is 1.64 bits per heavy atom. The summed E-state index contributed by atoms with van der Waals surface area (Å²) >= 11 is 0. The van der Waals surface area contributed by atoms with Crippen LogP contribution in [0.25, 0.3) is 16.8 Å². The summed E-state index contributed by atoms with van der Waals surface area (Å²) in [5.41, 5.74) is 6.56. The zero-order valence-corrected chi connectivity index (χ0v) is 16.7. The van der Waals surface area contributed by atoms with Crippen molar-refractivity contribution in [1.82, 2.24) is 14.6 Å². The van der Waals surface area contributed by atoms with E-state index in [4.69, 9.17) is 10.1 Å². The molecule has 0 bridgehead atoms. The highest BCUT2D eigenvalue weighted by Gasteiger charge is 2.17. The van der Waals surface area contributed by atoms with Gasteiger partial charge >= 0.3 is 0 Å². The van der Waals surface area contributed by atoms with Crippen molar-refractivity contribution >= 4 is 11.5 Å². The zero-order chi connectivity index (χ0) is 19.5. The number of aromatic nitrogens is 3. The number of benzene rings is 2. The van der Waals surface area contributed by atoms with Gasteiger partial charge in [-0.3, -0.25) is 0 Å². The number of anilines is 1. The first kappa shape index (κ1) is 18.2. The average Bonchev–Trinajstić information content (AvgIpc) is 3.05. The van der Waals surface area contributed by atoms with Crippen molar-refractivity contribution in [3.8, 4) is 11.1 Å². The summed E-state index contributed by atoms with van der Waals surface area (Å²) in [5, 5.41) is 8.39. The van der Waals surface area contributed by atoms with Gasteiger partial charge in [0.25, 0.3) is 0 Å². The van der Waals surface area contributed by atoms with Gasteiger partial charge in [0.1, 0.15) is 5.82 Å². The highest BCUT2D eigenvalue weighted by molar-refractivity contribution is 5.80. The van der Waals surface area contributed by atoms with E-state index in [0.29, 0.717) is 5.92 Å². The van der Waals surface area contributed by atoms with Gasteiger partial charge in [0, 0.05) is 23.9 Å². The molecule has 2 aromatic heterocycles. The Bertz CT molecular complexity index is 1070. The summed E-state index contributed by atoms with van der Waals surface area (Å²) in [6.45, 7) is 7.26. The van der Waals surface area contributed by atoms with Crippen LogP contribution in [0.2, 0.25) is 0 Å². The van der Waals surface area contributed by atoms with Crippen LogP contribution in [-0.4, -0.2) is 21.1 Å². The zero-order valence-electron chi connectivity index (χ0n) is 16.7. The molecule has 28 heavy (non-hydrogen) atoms. The van der Waals surface area contributed by atoms with Gasteiger partial charge in [0.15, 0.2) is 5.65 Å². The fraction of sp³-hybridized carbons (Fsp3) is 0.250. The highest BCUT2D eigenvalue weighted by atomic mass is 15.3. The number of nitrogens with one attached hydrogen (secondary N) is 1. The Hall–Kier alpha value is -3.14. The Labute approximate surface area is 166 Å². The molecule has 0 unspecified atom stereocenters. The second-order valence-electron chi connectivity index (χ2n) is 7.45. The van der Waals surface area contributed by atoms with Gasteiger partial charge in [-0.05, 0) is 30.4 Å². The quantitative estimate of drug-likeness (QED) is 0.488. The van der Waals surface area contributed by atoms with Crippen LogP contribution in [0.5, 0.6) is 0 Å². The van der Waals surface area contributed by atoms with Gasteiger partial charge in [-0.2, -0.15) is 9.61 Å². The molecule has 0 atom stereocenters. The highest BCUT2D eigenvalue weighted by Crippen LogP contribution is 2.30. The topological polar surface area (TPSA) is 42.2 Å². The largest absolute Gasteiger partial charge is 0.370 e. The lowest BCUT2D eigenvalue weighted by Crippen LogP contribution is -2.11. The summed E-state index contributed by atoms with van der Waals surface area (Å²) in [7, 11) is 0. The molecule has 142 valence electrons. The molecule has 0 aliphatic rings. The molecule has 0 amide bonds. The summed E-state index contributed by atoms with van der Waals surface area (Å²) in [5.74, 6) is 1.34. The van der Waals surface area contributed by atoms with Gasteiger partial charge in [-0.15, -0.1) is 0 Å². The minimum atomic E-state index is 0.346. The standard InChI is InChI=1S/C24H26N4/c1-17(2)21-16-22(25-15-14-19-10-6-4-7-11-19)28-24(26-21)23(18(3)27-28)20-12-8-5-9-13-20/h4-13,16-17,25H,14-15H2,1-3H3. The number of hydrogen-bond acceptors (Lipinski definition) is 3. The predicted molar refractivity (Wildman–Crippen MR) is 116 cm³/mol. The van der Waals surface area contributed by atoms with E-state index in [1.54, 1.807) is 0 Å². The third kappa shape index (κ3) is 3.63. The first-order valence-corrected chi connectivity index (χ1v) is 9.87. The van der Waals surface area contributed by atoms with Crippen LogP contribution in [0, 0.1) is 6.92 Å². The van der Waals surface area contributed by atoms with Crippen molar-refractivity contribution in [3.05, 3.63) is 83.7 Å². The van der Waals surface area contributed by atoms with E-state index in [9.17, 15) is 0 Å². The van der Waals surface area contributed by atoms with Crippen LogP contribution in [0.4, 0.5) is 5.82 Å². The molecule has 0 saturated heterocycles. The lowest BCUT2D eigenvalue weighted by Gasteiger charge is -2.13. The van der Waals surface area contributed by atoms with E-state index in [0.717, 1.165) is 46.9 Å². The molecule has 0 saturated carbocycles. The molecular formula is C24H26N4. The average molecular weight is 371 g/mol. The second-order valence-corrected chi connectivity index (χ2v) is 7.45. The van der Waals surface area contributed by atoms with E-state index in [-0.39, 0.29) is 0 Å². The first-order chi connectivity index (χ1) is 13.6. The Morgan fingerprint density at radius 1 is 0.964 bits per heavy atom. The lowest BCUT2D eigenvalue weighted by molar-refractivity contribution is 0.806. The molecule has 2 aromatic carbocycles. The molecule has 0 aliphatic carbocycles. The fourth-order valence-electron chi connectivity index (χ4n) is 3.49. The summed E-state index contributed by atoms with van der Waals surface area (Å²) in [6, 6.07) is 23.1.